The Bertz CT molecular complexity index is 422. The highest BCUT2D eigenvalue weighted by molar-refractivity contribution is 5.66. The Balaban J connectivity index is 2.31. The third-order valence-electron chi connectivity index (χ3n) is 3.22. The molecule has 1 unspecified atom stereocenters. The molecule has 92 valence electrons. The average Bonchev–Trinajstić information content (AvgIpc) is 2.36. The number of fused-ring (bicyclic) bond motifs is 1. The molecule has 5 heteroatoms. The van der Waals surface area contributed by atoms with Gasteiger partial charge in [0.2, 0.25) is 0 Å². The molecule has 1 aliphatic heterocycles. The Hall–Kier alpha value is -1.59. The summed E-state index contributed by atoms with van der Waals surface area (Å²) in [4.78, 5) is 12.4. The van der Waals surface area contributed by atoms with Crippen LogP contribution in [0.25, 0.3) is 0 Å². The number of aliphatic hydroxyl groups excluding tert-OH is 1. The Labute approximate surface area is 99.5 Å². The van der Waals surface area contributed by atoms with Crippen LogP contribution in [0, 0.1) is 0 Å². The lowest BCUT2D eigenvalue weighted by atomic mass is 9.91. The van der Waals surface area contributed by atoms with Crippen molar-refractivity contribution in [2.24, 2.45) is 5.73 Å². The van der Waals surface area contributed by atoms with Crippen LogP contribution in [0.4, 0.5) is 4.79 Å². The van der Waals surface area contributed by atoms with E-state index in [-0.39, 0.29) is 6.54 Å². The lowest BCUT2D eigenvalue weighted by Gasteiger charge is -2.37. The van der Waals surface area contributed by atoms with Crippen molar-refractivity contribution in [1.29, 1.82) is 0 Å². The highest BCUT2D eigenvalue weighted by Gasteiger charge is 2.33. The molecule has 0 fully saturated rings. The fourth-order valence-corrected chi connectivity index (χ4v) is 2.26. The van der Waals surface area contributed by atoms with Crippen LogP contribution in [0.2, 0.25) is 0 Å². The molecule has 5 nitrogen and oxygen atoms in total. The highest BCUT2D eigenvalue weighted by Crippen LogP contribution is 2.24. The molecule has 1 aromatic carbocycles. The quantitative estimate of drug-likeness (QED) is 0.694. The first-order valence-corrected chi connectivity index (χ1v) is 5.58. The molecular formula is C12H16N2O3. The van der Waals surface area contributed by atoms with E-state index in [4.69, 9.17) is 10.8 Å². The van der Waals surface area contributed by atoms with Gasteiger partial charge in [0.15, 0.2) is 0 Å². The van der Waals surface area contributed by atoms with Crippen LogP contribution in [0.1, 0.15) is 11.1 Å². The van der Waals surface area contributed by atoms with Crippen LogP contribution >= 0.6 is 0 Å². The van der Waals surface area contributed by atoms with Crippen LogP contribution in [-0.4, -0.2) is 39.9 Å². The number of carbonyl (C=O) groups is 1. The number of carboxylic acid groups (broad SMARTS) is 1. The molecule has 1 aliphatic rings. The standard InChI is InChI=1S/C12H16N2O3/c13-6-11(15)10-5-8-3-1-2-4-9(8)7-14(10)12(16)17/h1-4,10-11,15H,5-7,13H2,(H,16,17)/t10?,11-/m1/s1. The molecule has 0 spiro atoms. The van der Waals surface area contributed by atoms with Gasteiger partial charge in [-0.25, -0.2) is 4.79 Å². The van der Waals surface area contributed by atoms with Crippen LogP contribution in [-0.2, 0) is 13.0 Å². The molecule has 2 atom stereocenters. The molecular weight excluding hydrogens is 220 g/mol. The normalized spacial score (nSPS) is 20.8. The maximum atomic E-state index is 11.2. The van der Waals surface area contributed by atoms with E-state index < -0.39 is 18.2 Å². The van der Waals surface area contributed by atoms with Crippen molar-refractivity contribution in [3.63, 3.8) is 0 Å². The van der Waals surface area contributed by atoms with Crippen molar-refractivity contribution in [2.75, 3.05) is 6.54 Å². The molecule has 2 rings (SSSR count). The van der Waals surface area contributed by atoms with E-state index in [9.17, 15) is 9.90 Å². The zero-order valence-corrected chi connectivity index (χ0v) is 9.41. The first kappa shape index (κ1) is 11.9. The largest absolute Gasteiger partial charge is 0.465 e. The van der Waals surface area contributed by atoms with Crippen LogP contribution in [0.3, 0.4) is 0 Å². The second-order valence-corrected chi connectivity index (χ2v) is 4.25. The second-order valence-electron chi connectivity index (χ2n) is 4.25. The van der Waals surface area contributed by atoms with Gasteiger partial charge in [0.1, 0.15) is 0 Å². The summed E-state index contributed by atoms with van der Waals surface area (Å²) in [6, 6.07) is 7.23. The topological polar surface area (TPSA) is 86.8 Å². The number of nitrogens with zero attached hydrogens (tertiary/aromatic N) is 1. The summed E-state index contributed by atoms with van der Waals surface area (Å²) in [5.74, 6) is 0. The van der Waals surface area contributed by atoms with Crippen LogP contribution in [0.5, 0.6) is 0 Å². The molecule has 0 aliphatic carbocycles. The number of nitrogens with two attached hydrogens (primary N) is 1. The summed E-state index contributed by atoms with van der Waals surface area (Å²) in [6.07, 6.45) is -1.32. The Morgan fingerprint density at radius 3 is 2.71 bits per heavy atom. The van der Waals surface area contributed by atoms with E-state index in [1.807, 2.05) is 24.3 Å². The molecule has 4 N–H and O–H groups in total. The van der Waals surface area contributed by atoms with Crippen molar-refractivity contribution in [2.45, 2.75) is 25.1 Å². The number of hydrogen-bond acceptors (Lipinski definition) is 3. The third-order valence-corrected chi connectivity index (χ3v) is 3.22. The van der Waals surface area contributed by atoms with Crippen LogP contribution in [0.15, 0.2) is 24.3 Å². The zero-order valence-electron chi connectivity index (χ0n) is 9.41. The molecule has 17 heavy (non-hydrogen) atoms. The van der Waals surface area contributed by atoms with Gasteiger partial charge >= 0.3 is 6.09 Å². The summed E-state index contributed by atoms with van der Waals surface area (Å²) >= 11 is 0. The van der Waals surface area contributed by atoms with Gasteiger partial charge in [0.05, 0.1) is 12.1 Å². The predicted octanol–water partition coefficient (Wildman–Crippen LogP) is 0.411. The van der Waals surface area contributed by atoms with Gasteiger partial charge in [0, 0.05) is 13.1 Å². The second kappa shape index (κ2) is 4.73. The first-order valence-electron chi connectivity index (χ1n) is 5.58. The van der Waals surface area contributed by atoms with E-state index >= 15 is 0 Å². The molecule has 1 heterocycles. The lowest BCUT2D eigenvalue weighted by Crippen LogP contribution is -2.52. The number of hydrogen-bond donors (Lipinski definition) is 3. The van der Waals surface area contributed by atoms with Gasteiger partial charge in [-0.05, 0) is 17.5 Å². The molecule has 1 aromatic rings. The van der Waals surface area contributed by atoms with Gasteiger partial charge in [0.25, 0.3) is 0 Å². The summed E-state index contributed by atoms with van der Waals surface area (Å²) in [5.41, 5.74) is 7.50. The summed E-state index contributed by atoms with van der Waals surface area (Å²) in [6.45, 7) is 0.379. The van der Waals surface area contributed by atoms with E-state index in [1.165, 1.54) is 4.90 Å². The Morgan fingerprint density at radius 2 is 2.12 bits per heavy atom. The average molecular weight is 236 g/mol. The minimum atomic E-state index is -1.02. The molecule has 0 radical (unpaired) electrons. The summed E-state index contributed by atoms with van der Waals surface area (Å²) in [5, 5.41) is 19.0. The zero-order chi connectivity index (χ0) is 12.4. The van der Waals surface area contributed by atoms with Gasteiger partial charge in [-0.1, -0.05) is 24.3 Å². The van der Waals surface area contributed by atoms with Gasteiger partial charge < -0.3 is 15.9 Å². The van der Waals surface area contributed by atoms with Crippen molar-refractivity contribution >= 4 is 6.09 Å². The Kier molecular flexibility index (Phi) is 3.31. The van der Waals surface area contributed by atoms with Crippen LogP contribution < -0.4 is 5.73 Å². The van der Waals surface area contributed by atoms with Crippen molar-refractivity contribution in [3.8, 4) is 0 Å². The number of aliphatic hydroxyl groups is 1. The minimum absolute atomic E-state index is 0.0661. The Morgan fingerprint density at radius 1 is 1.47 bits per heavy atom. The first-order chi connectivity index (χ1) is 8.13. The fraction of sp³-hybridized carbons (Fsp3) is 0.417. The molecule has 0 saturated carbocycles. The third kappa shape index (κ3) is 2.25. The van der Waals surface area contributed by atoms with E-state index in [1.54, 1.807) is 0 Å². The van der Waals surface area contributed by atoms with E-state index in [2.05, 4.69) is 0 Å². The van der Waals surface area contributed by atoms with Crippen molar-refractivity contribution in [3.05, 3.63) is 35.4 Å². The maximum absolute atomic E-state index is 11.2. The number of amides is 1. The SMILES string of the molecule is NC[C@@H](O)C1Cc2ccccc2CN1C(=O)O. The van der Waals surface area contributed by atoms with Crippen molar-refractivity contribution in [1.82, 2.24) is 4.90 Å². The monoisotopic (exact) mass is 236 g/mol. The van der Waals surface area contributed by atoms with E-state index in [0.29, 0.717) is 13.0 Å². The minimum Gasteiger partial charge on any atom is -0.465 e. The number of benzene rings is 1. The van der Waals surface area contributed by atoms with Crippen molar-refractivity contribution < 1.29 is 15.0 Å². The molecule has 0 aromatic heterocycles. The highest BCUT2D eigenvalue weighted by atomic mass is 16.4. The van der Waals surface area contributed by atoms with Gasteiger partial charge in [-0.15, -0.1) is 0 Å². The van der Waals surface area contributed by atoms with Gasteiger partial charge in [-0.3, -0.25) is 4.90 Å². The predicted molar refractivity (Wildman–Crippen MR) is 62.6 cm³/mol. The summed E-state index contributed by atoms with van der Waals surface area (Å²) in [7, 11) is 0. The molecule has 0 bridgehead atoms. The smallest absolute Gasteiger partial charge is 0.407 e. The fourth-order valence-electron chi connectivity index (χ4n) is 2.26. The maximum Gasteiger partial charge on any atom is 0.407 e. The lowest BCUT2D eigenvalue weighted by molar-refractivity contribution is 0.0431. The molecule has 1 amide bonds. The van der Waals surface area contributed by atoms with Gasteiger partial charge in [-0.2, -0.15) is 0 Å². The molecule has 0 saturated heterocycles. The van der Waals surface area contributed by atoms with E-state index in [0.717, 1.165) is 11.1 Å². The summed E-state index contributed by atoms with van der Waals surface area (Å²) < 4.78 is 0. The number of rotatable bonds is 2.